The summed E-state index contributed by atoms with van der Waals surface area (Å²) in [6.45, 7) is 0.0598. The summed E-state index contributed by atoms with van der Waals surface area (Å²) in [5.41, 5.74) is 0.674. The van der Waals surface area contributed by atoms with Crippen molar-refractivity contribution in [3.8, 4) is 0 Å². The number of hydrogen-bond acceptors (Lipinski definition) is 4. The van der Waals surface area contributed by atoms with Crippen molar-refractivity contribution in [1.29, 1.82) is 0 Å². The van der Waals surface area contributed by atoms with Gasteiger partial charge in [0.1, 0.15) is 0 Å². The number of aromatic nitrogens is 2. The summed E-state index contributed by atoms with van der Waals surface area (Å²) >= 11 is 11.4. The molecule has 19 heavy (non-hydrogen) atoms. The Hall–Kier alpha value is -1.85. The average Bonchev–Trinajstić information content (AvgIpc) is 2.41. The Balaban J connectivity index is 1.84. The van der Waals surface area contributed by atoms with Gasteiger partial charge in [0.15, 0.2) is 0 Å². The molecule has 0 aliphatic carbocycles. The van der Waals surface area contributed by atoms with Crippen molar-refractivity contribution >= 4 is 40.7 Å². The number of rotatable bonds is 4. The van der Waals surface area contributed by atoms with Crippen LogP contribution in [0, 0.1) is 0 Å². The second-order valence-electron chi connectivity index (χ2n) is 3.63. The number of halogens is 2. The molecule has 0 unspecified atom stereocenters. The van der Waals surface area contributed by atoms with Crippen LogP contribution in [0.4, 0.5) is 11.6 Å². The number of benzene rings is 1. The Kier molecular flexibility index (Phi) is 4.54. The molecule has 2 aromatic rings. The lowest BCUT2D eigenvalue weighted by Crippen LogP contribution is -2.22. The largest absolute Gasteiger partial charge is 0.345 e. The van der Waals surface area contributed by atoms with Crippen LogP contribution in [0.25, 0.3) is 0 Å². The van der Waals surface area contributed by atoms with Gasteiger partial charge in [-0.15, -0.1) is 0 Å². The molecule has 2 rings (SSSR count). The Morgan fingerprint density at radius 2 is 1.68 bits per heavy atom. The van der Waals surface area contributed by atoms with E-state index in [9.17, 15) is 4.79 Å². The highest BCUT2D eigenvalue weighted by Gasteiger charge is 2.03. The molecular formula is C12H10Cl2N4O. The van der Waals surface area contributed by atoms with Gasteiger partial charge in [-0.2, -0.15) is 0 Å². The highest BCUT2D eigenvalue weighted by atomic mass is 35.5. The number of carbonyl (C=O) groups is 1. The SMILES string of the molecule is O=C(CNc1ncc(Cl)cn1)Nc1ccc(Cl)cc1. The summed E-state index contributed by atoms with van der Waals surface area (Å²) in [5, 5.41) is 6.55. The molecule has 98 valence electrons. The second kappa shape index (κ2) is 6.36. The Morgan fingerprint density at radius 3 is 2.32 bits per heavy atom. The van der Waals surface area contributed by atoms with Crippen molar-refractivity contribution in [1.82, 2.24) is 9.97 Å². The first kappa shape index (κ1) is 13.6. The fraction of sp³-hybridized carbons (Fsp3) is 0.0833. The molecular weight excluding hydrogens is 287 g/mol. The van der Waals surface area contributed by atoms with E-state index in [0.29, 0.717) is 21.7 Å². The molecule has 0 spiro atoms. The van der Waals surface area contributed by atoms with Crippen molar-refractivity contribution in [2.75, 3.05) is 17.2 Å². The fourth-order valence-electron chi connectivity index (χ4n) is 1.30. The Bertz CT molecular complexity index is 557. The summed E-state index contributed by atoms with van der Waals surface area (Å²) in [6, 6.07) is 6.85. The van der Waals surface area contributed by atoms with Crippen molar-refractivity contribution in [2.45, 2.75) is 0 Å². The van der Waals surface area contributed by atoms with E-state index in [0.717, 1.165) is 0 Å². The monoisotopic (exact) mass is 296 g/mol. The van der Waals surface area contributed by atoms with Crippen LogP contribution in [0.3, 0.4) is 0 Å². The van der Waals surface area contributed by atoms with E-state index < -0.39 is 0 Å². The van der Waals surface area contributed by atoms with Crippen LogP contribution in [0.15, 0.2) is 36.7 Å². The first-order valence-corrected chi connectivity index (χ1v) is 6.16. The zero-order valence-corrected chi connectivity index (χ0v) is 11.2. The predicted molar refractivity (Wildman–Crippen MR) is 75.6 cm³/mol. The van der Waals surface area contributed by atoms with Crippen molar-refractivity contribution in [3.05, 3.63) is 46.7 Å². The predicted octanol–water partition coefficient (Wildman–Crippen LogP) is 2.83. The molecule has 0 bridgehead atoms. The van der Waals surface area contributed by atoms with Crippen molar-refractivity contribution in [3.63, 3.8) is 0 Å². The number of hydrogen-bond donors (Lipinski definition) is 2. The molecule has 1 heterocycles. The summed E-state index contributed by atoms with van der Waals surface area (Å²) in [6.07, 6.45) is 2.90. The number of nitrogens with zero attached hydrogens (tertiary/aromatic N) is 2. The van der Waals surface area contributed by atoms with Gasteiger partial charge in [0.2, 0.25) is 11.9 Å². The highest BCUT2D eigenvalue weighted by molar-refractivity contribution is 6.30. The molecule has 1 aromatic heterocycles. The van der Waals surface area contributed by atoms with Crippen LogP contribution in [0.2, 0.25) is 10.0 Å². The van der Waals surface area contributed by atoms with E-state index in [1.165, 1.54) is 12.4 Å². The zero-order valence-electron chi connectivity index (χ0n) is 9.73. The van der Waals surface area contributed by atoms with Gasteiger partial charge in [0.25, 0.3) is 0 Å². The van der Waals surface area contributed by atoms with Crippen LogP contribution < -0.4 is 10.6 Å². The lowest BCUT2D eigenvalue weighted by molar-refractivity contribution is -0.114. The van der Waals surface area contributed by atoms with Gasteiger partial charge in [-0.3, -0.25) is 4.79 Å². The van der Waals surface area contributed by atoms with Gasteiger partial charge < -0.3 is 10.6 Å². The topological polar surface area (TPSA) is 66.9 Å². The van der Waals surface area contributed by atoms with Crippen molar-refractivity contribution < 1.29 is 4.79 Å². The van der Waals surface area contributed by atoms with E-state index in [2.05, 4.69) is 20.6 Å². The first-order chi connectivity index (χ1) is 9.13. The number of nitrogens with one attached hydrogen (secondary N) is 2. The fourth-order valence-corrected chi connectivity index (χ4v) is 1.52. The van der Waals surface area contributed by atoms with Crippen molar-refractivity contribution in [2.24, 2.45) is 0 Å². The van der Waals surface area contributed by atoms with Gasteiger partial charge in [0.05, 0.1) is 24.0 Å². The minimum absolute atomic E-state index is 0.0598. The molecule has 5 nitrogen and oxygen atoms in total. The third-order valence-corrected chi connectivity index (χ3v) is 2.60. The summed E-state index contributed by atoms with van der Waals surface area (Å²) in [5.74, 6) is 0.136. The molecule has 0 atom stereocenters. The minimum Gasteiger partial charge on any atom is -0.345 e. The molecule has 0 aliphatic rings. The maximum absolute atomic E-state index is 11.6. The van der Waals surface area contributed by atoms with E-state index >= 15 is 0 Å². The molecule has 0 saturated carbocycles. The molecule has 7 heteroatoms. The maximum atomic E-state index is 11.6. The Morgan fingerprint density at radius 1 is 1.05 bits per heavy atom. The zero-order chi connectivity index (χ0) is 13.7. The average molecular weight is 297 g/mol. The van der Waals surface area contributed by atoms with Crippen LogP contribution in [-0.2, 0) is 4.79 Å². The van der Waals surface area contributed by atoms with Crippen LogP contribution in [0.1, 0.15) is 0 Å². The van der Waals surface area contributed by atoms with E-state index in [1.54, 1.807) is 24.3 Å². The highest BCUT2D eigenvalue weighted by Crippen LogP contribution is 2.13. The van der Waals surface area contributed by atoms with Crippen LogP contribution >= 0.6 is 23.2 Å². The minimum atomic E-state index is -0.208. The maximum Gasteiger partial charge on any atom is 0.243 e. The number of carbonyl (C=O) groups excluding carboxylic acids is 1. The van der Waals surface area contributed by atoms with Gasteiger partial charge in [0, 0.05) is 10.7 Å². The normalized spacial score (nSPS) is 10.0. The molecule has 0 saturated heterocycles. The van der Waals surface area contributed by atoms with Gasteiger partial charge in [-0.05, 0) is 24.3 Å². The van der Waals surface area contributed by atoms with Crippen LogP contribution in [0.5, 0.6) is 0 Å². The molecule has 1 aromatic carbocycles. The van der Waals surface area contributed by atoms with E-state index in [4.69, 9.17) is 23.2 Å². The van der Waals surface area contributed by atoms with Gasteiger partial charge in [-0.25, -0.2) is 9.97 Å². The summed E-state index contributed by atoms with van der Waals surface area (Å²) < 4.78 is 0. The van der Waals surface area contributed by atoms with E-state index in [-0.39, 0.29) is 12.5 Å². The number of amides is 1. The van der Waals surface area contributed by atoms with Crippen LogP contribution in [-0.4, -0.2) is 22.4 Å². The standard InChI is InChI=1S/C12H10Cl2N4O/c13-8-1-3-10(4-2-8)18-11(19)7-17-12-15-5-9(14)6-16-12/h1-6H,7H2,(H,18,19)(H,15,16,17). The van der Waals surface area contributed by atoms with Gasteiger partial charge >= 0.3 is 0 Å². The first-order valence-electron chi connectivity index (χ1n) is 5.40. The molecule has 0 radical (unpaired) electrons. The quantitative estimate of drug-likeness (QED) is 0.910. The summed E-state index contributed by atoms with van der Waals surface area (Å²) in [7, 11) is 0. The third-order valence-electron chi connectivity index (χ3n) is 2.16. The van der Waals surface area contributed by atoms with Gasteiger partial charge in [-0.1, -0.05) is 23.2 Å². The third kappa shape index (κ3) is 4.39. The summed E-state index contributed by atoms with van der Waals surface area (Å²) in [4.78, 5) is 19.5. The molecule has 0 fully saturated rings. The molecule has 0 aliphatic heterocycles. The lowest BCUT2D eigenvalue weighted by Gasteiger charge is -2.06. The molecule has 2 N–H and O–H groups in total. The Labute approximate surface area is 120 Å². The molecule has 1 amide bonds. The lowest BCUT2D eigenvalue weighted by atomic mass is 10.3. The smallest absolute Gasteiger partial charge is 0.243 e. The number of anilines is 2. The van der Waals surface area contributed by atoms with E-state index in [1.807, 2.05) is 0 Å². The second-order valence-corrected chi connectivity index (χ2v) is 4.51.